The van der Waals surface area contributed by atoms with Crippen molar-refractivity contribution < 1.29 is 37.0 Å². The van der Waals surface area contributed by atoms with Gasteiger partial charge < -0.3 is 15.3 Å². The molecule has 0 aliphatic carbocycles. The third-order valence-corrected chi connectivity index (χ3v) is 3.52. The Morgan fingerprint density at radius 3 is 0.955 bits per heavy atom. The van der Waals surface area contributed by atoms with Crippen molar-refractivity contribution in [2.24, 2.45) is 5.41 Å². The molecule has 0 rings (SSSR count). The van der Waals surface area contributed by atoms with E-state index in [1.165, 1.54) is 57.8 Å². The van der Waals surface area contributed by atoms with Gasteiger partial charge in [-0.05, 0) is 38.5 Å². The first-order chi connectivity index (χ1) is 10.1. The van der Waals surface area contributed by atoms with Crippen molar-refractivity contribution >= 4 is 0 Å². The van der Waals surface area contributed by atoms with Gasteiger partial charge in [-0.2, -0.15) is 0 Å². The van der Waals surface area contributed by atoms with E-state index in [0.717, 1.165) is 0 Å². The van der Waals surface area contributed by atoms with E-state index in [2.05, 4.69) is 20.8 Å². The monoisotopic (exact) mass is 354 g/mol. The van der Waals surface area contributed by atoms with Gasteiger partial charge in [0.25, 0.3) is 0 Å². The minimum absolute atomic E-state index is 0. The summed E-state index contributed by atoms with van der Waals surface area (Å²) in [6.07, 6.45) is 11.2. The van der Waals surface area contributed by atoms with Crippen LogP contribution in [0.4, 0.5) is 0 Å². The van der Waals surface area contributed by atoms with Crippen molar-refractivity contribution in [2.45, 2.75) is 92.4 Å². The maximum absolute atomic E-state index is 9.66. The molecule has 3 N–H and O–H groups in total. The summed E-state index contributed by atoms with van der Waals surface area (Å²) in [5.74, 6) is 0. The second-order valence-electron chi connectivity index (χ2n) is 5.60. The van der Waals surface area contributed by atoms with Gasteiger partial charge in [0.05, 0.1) is 0 Å². The molecule has 0 atom stereocenters. The van der Waals surface area contributed by atoms with Crippen LogP contribution >= 0.6 is 0 Å². The molecule has 0 aromatic heterocycles. The van der Waals surface area contributed by atoms with Crippen LogP contribution in [0.1, 0.15) is 92.4 Å². The number of hydrogen-bond acceptors (Lipinski definition) is 3. The van der Waals surface area contributed by atoms with E-state index in [-0.39, 0.29) is 40.3 Å². The number of unbranched alkanes of at least 4 members (excludes halogenated alkanes) is 3. The van der Waals surface area contributed by atoms with Crippen LogP contribution in [0.3, 0.4) is 0 Å². The van der Waals surface area contributed by atoms with Gasteiger partial charge in [0, 0.05) is 41.5 Å². The maximum atomic E-state index is 9.66. The SMILES string of the molecule is CCCCC(CO)(CCCC)CCCC.CCO.CCO.[Ti]. The van der Waals surface area contributed by atoms with E-state index >= 15 is 0 Å². The molecule has 0 unspecified atom stereocenters. The first kappa shape index (κ1) is 30.5. The molecule has 0 aliphatic rings. The Hall–Kier alpha value is 0.594. The fourth-order valence-electron chi connectivity index (χ4n) is 2.27. The fourth-order valence-corrected chi connectivity index (χ4v) is 2.27. The van der Waals surface area contributed by atoms with Crippen molar-refractivity contribution in [2.75, 3.05) is 19.8 Å². The molecule has 4 heteroatoms. The average Bonchev–Trinajstić information content (AvgIpc) is 2.49. The van der Waals surface area contributed by atoms with Crippen molar-refractivity contribution in [3.8, 4) is 0 Å². The number of rotatable bonds is 10. The summed E-state index contributed by atoms with van der Waals surface area (Å²) >= 11 is 0. The molecule has 22 heavy (non-hydrogen) atoms. The summed E-state index contributed by atoms with van der Waals surface area (Å²) in [7, 11) is 0. The maximum Gasteiger partial charge on any atom is 0.0487 e. The largest absolute Gasteiger partial charge is 0.397 e. The number of aliphatic hydroxyl groups is 3. The molecule has 0 saturated carbocycles. The third-order valence-electron chi connectivity index (χ3n) is 3.52. The first-order valence-corrected chi connectivity index (χ1v) is 8.90. The predicted octanol–water partition coefficient (Wildman–Crippen LogP) is 4.53. The molecule has 0 aromatic rings. The van der Waals surface area contributed by atoms with Crippen LogP contribution in [0.2, 0.25) is 0 Å². The Morgan fingerprint density at radius 2 is 0.818 bits per heavy atom. The molecule has 136 valence electrons. The molecule has 0 bridgehead atoms. The Bertz CT molecular complexity index is 143. The van der Waals surface area contributed by atoms with Crippen LogP contribution in [0.15, 0.2) is 0 Å². The fraction of sp³-hybridized carbons (Fsp3) is 1.00. The van der Waals surface area contributed by atoms with Gasteiger partial charge in [0.2, 0.25) is 0 Å². The van der Waals surface area contributed by atoms with Crippen LogP contribution in [-0.4, -0.2) is 35.1 Å². The number of aliphatic hydroxyl groups excluding tert-OH is 3. The van der Waals surface area contributed by atoms with Crippen LogP contribution in [-0.2, 0) is 21.7 Å². The molecule has 0 spiro atoms. The van der Waals surface area contributed by atoms with Gasteiger partial charge in [0.15, 0.2) is 0 Å². The average molecular weight is 354 g/mol. The Kier molecular flexibility index (Phi) is 36.7. The second-order valence-corrected chi connectivity index (χ2v) is 5.60. The van der Waals surface area contributed by atoms with Crippen LogP contribution < -0.4 is 0 Å². The van der Waals surface area contributed by atoms with Crippen molar-refractivity contribution in [1.29, 1.82) is 0 Å². The second kappa shape index (κ2) is 26.5. The summed E-state index contributed by atoms with van der Waals surface area (Å²) in [4.78, 5) is 0. The quantitative estimate of drug-likeness (QED) is 0.505. The standard InChI is InChI=1S/C14H30O.2C2H6O.Ti/c1-4-7-10-14(13-15,11-8-5-2)12-9-6-3;2*1-2-3;/h15H,4-13H2,1-3H3;2*3H,2H2,1H3;. The molecule has 0 amide bonds. The van der Waals surface area contributed by atoms with E-state index in [4.69, 9.17) is 10.2 Å². The van der Waals surface area contributed by atoms with Crippen LogP contribution in [0.25, 0.3) is 0 Å². The third kappa shape index (κ3) is 22.9. The molecular weight excluding hydrogens is 312 g/mol. The summed E-state index contributed by atoms with van der Waals surface area (Å²) in [5, 5.41) is 24.8. The van der Waals surface area contributed by atoms with E-state index in [1.54, 1.807) is 13.8 Å². The van der Waals surface area contributed by atoms with Gasteiger partial charge in [-0.1, -0.05) is 59.3 Å². The van der Waals surface area contributed by atoms with Crippen LogP contribution in [0.5, 0.6) is 0 Å². The molecular formula is C18H42O3Ti. The number of hydrogen-bond donors (Lipinski definition) is 3. The van der Waals surface area contributed by atoms with Gasteiger partial charge in [-0.25, -0.2) is 0 Å². The molecule has 0 fully saturated rings. The Morgan fingerprint density at radius 1 is 0.591 bits per heavy atom. The summed E-state index contributed by atoms with van der Waals surface area (Å²) in [6.45, 7) is 11.0. The minimum Gasteiger partial charge on any atom is -0.397 e. The van der Waals surface area contributed by atoms with Crippen LogP contribution in [0, 0.1) is 5.41 Å². The van der Waals surface area contributed by atoms with E-state index < -0.39 is 0 Å². The summed E-state index contributed by atoms with van der Waals surface area (Å²) < 4.78 is 0. The smallest absolute Gasteiger partial charge is 0.0487 e. The molecule has 0 saturated heterocycles. The summed E-state index contributed by atoms with van der Waals surface area (Å²) in [6, 6.07) is 0. The zero-order chi connectivity index (χ0) is 17.0. The zero-order valence-electron chi connectivity index (χ0n) is 15.8. The minimum atomic E-state index is 0. The Labute approximate surface area is 154 Å². The zero-order valence-corrected chi connectivity index (χ0v) is 17.4. The normalized spacial score (nSPS) is 9.82. The van der Waals surface area contributed by atoms with Crippen molar-refractivity contribution in [3.63, 3.8) is 0 Å². The van der Waals surface area contributed by atoms with E-state index in [9.17, 15) is 5.11 Å². The first-order valence-electron chi connectivity index (χ1n) is 8.90. The van der Waals surface area contributed by atoms with Gasteiger partial charge in [-0.15, -0.1) is 0 Å². The molecule has 0 aliphatic heterocycles. The van der Waals surface area contributed by atoms with Crippen molar-refractivity contribution in [1.82, 2.24) is 0 Å². The van der Waals surface area contributed by atoms with Gasteiger partial charge >= 0.3 is 0 Å². The molecule has 3 nitrogen and oxygen atoms in total. The van der Waals surface area contributed by atoms with E-state index in [0.29, 0.717) is 6.61 Å². The molecule has 0 heterocycles. The van der Waals surface area contributed by atoms with Gasteiger partial charge in [0.1, 0.15) is 0 Å². The van der Waals surface area contributed by atoms with Crippen molar-refractivity contribution in [3.05, 3.63) is 0 Å². The summed E-state index contributed by atoms with van der Waals surface area (Å²) in [5.41, 5.74) is 0.252. The molecule has 0 radical (unpaired) electrons. The molecule has 0 aromatic carbocycles. The predicted molar refractivity (Wildman–Crippen MR) is 93.6 cm³/mol. The Balaban J connectivity index is -0.000000199. The van der Waals surface area contributed by atoms with E-state index in [1.807, 2.05) is 0 Å². The van der Waals surface area contributed by atoms with Gasteiger partial charge in [-0.3, -0.25) is 0 Å². The topological polar surface area (TPSA) is 60.7 Å².